The number of likely N-dealkylation sites (N-methyl/N-ethyl adjacent to an activating group) is 1. The van der Waals surface area contributed by atoms with Crippen molar-refractivity contribution in [3.05, 3.63) is 50.9 Å². The smallest absolute Gasteiger partial charge is 0.419 e. The van der Waals surface area contributed by atoms with Crippen LogP contribution in [0.5, 0.6) is 5.75 Å². The topological polar surface area (TPSA) is 113 Å². The van der Waals surface area contributed by atoms with E-state index in [1.165, 1.54) is 36.2 Å². The van der Waals surface area contributed by atoms with Crippen LogP contribution in [-0.2, 0) is 4.79 Å². The van der Waals surface area contributed by atoms with Gasteiger partial charge < -0.3 is 14.7 Å². The Morgan fingerprint density at radius 3 is 2.43 bits per heavy atom. The van der Waals surface area contributed by atoms with Crippen LogP contribution in [0.15, 0.2) is 35.8 Å². The van der Waals surface area contributed by atoms with Crippen LogP contribution >= 0.6 is 11.6 Å². The zero-order valence-electron chi connectivity index (χ0n) is 11.9. The van der Waals surface area contributed by atoms with Gasteiger partial charge >= 0.3 is 17.8 Å². The normalized spacial score (nSPS) is 16.3. The fourth-order valence-corrected chi connectivity index (χ4v) is 2.19. The number of carbonyl (C=O) groups excluding carboxylic acids is 1. The van der Waals surface area contributed by atoms with Gasteiger partial charge in [0.05, 0.1) is 4.92 Å². The van der Waals surface area contributed by atoms with Crippen molar-refractivity contribution in [3.63, 3.8) is 0 Å². The lowest BCUT2D eigenvalue weighted by Gasteiger charge is -2.17. The first-order chi connectivity index (χ1) is 10.8. The Balaban J connectivity index is 2.38. The molecule has 10 heteroatoms. The molecule has 1 aromatic rings. The molecule has 0 aromatic heterocycles. The monoisotopic (exact) mass is 341 g/mol. The minimum Gasteiger partial charge on any atom is -0.465 e. The van der Waals surface area contributed by atoms with Crippen molar-refractivity contribution in [1.29, 1.82) is 0 Å². The highest BCUT2D eigenvalue weighted by molar-refractivity contribution is 6.30. The van der Waals surface area contributed by atoms with E-state index in [4.69, 9.17) is 21.4 Å². The summed E-state index contributed by atoms with van der Waals surface area (Å²) in [4.78, 5) is 35.7. The predicted molar refractivity (Wildman–Crippen MR) is 78.5 cm³/mol. The first-order valence-electron chi connectivity index (χ1n) is 6.39. The van der Waals surface area contributed by atoms with Crippen LogP contribution in [0.2, 0.25) is 5.02 Å². The van der Waals surface area contributed by atoms with Gasteiger partial charge in [-0.3, -0.25) is 15.0 Å². The molecule has 1 saturated heterocycles. The number of nitrogens with zero attached hydrogens (tertiary/aromatic N) is 3. The van der Waals surface area contributed by atoms with Crippen LogP contribution in [0.4, 0.5) is 4.79 Å². The number of amides is 1. The molecule has 1 heterocycles. The second-order valence-electron chi connectivity index (χ2n) is 4.63. The van der Waals surface area contributed by atoms with Gasteiger partial charge in [0, 0.05) is 25.2 Å². The van der Waals surface area contributed by atoms with E-state index in [1.54, 1.807) is 0 Å². The van der Waals surface area contributed by atoms with Gasteiger partial charge in [-0.1, -0.05) is 11.6 Å². The molecule has 23 heavy (non-hydrogen) atoms. The second kappa shape index (κ2) is 6.53. The van der Waals surface area contributed by atoms with Gasteiger partial charge in [0.25, 0.3) is 0 Å². The highest BCUT2D eigenvalue weighted by Gasteiger charge is 2.40. The van der Waals surface area contributed by atoms with Gasteiger partial charge in [0.2, 0.25) is 5.82 Å². The number of esters is 1. The van der Waals surface area contributed by atoms with Gasteiger partial charge in [-0.25, -0.2) is 9.59 Å². The number of hydrogen-bond acceptors (Lipinski definition) is 6. The van der Waals surface area contributed by atoms with Gasteiger partial charge in [-0.2, -0.15) is 0 Å². The molecule has 0 radical (unpaired) electrons. The maximum Gasteiger partial charge on any atom is 0.419 e. The molecule has 1 N–H and O–H groups in total. The summed E-state index contributed by atoms with van der Waals surface area (Å²) in [6.07, 6.45) is -1.39. The van der Waals surface area contributed by atoms with E-state index in [0.717, 1.165) is 4.90 Å². The third kappa shape index (κ3) is 3.51. The molecule has 0 atom stereocenters. The summed E-state index contributed by atoms with van der Waals surface area (Å²) >= 11 is 5.70. The first-order valence-corrected chi connectivity index (χ1v) is 6.77. The summed E-state index contributed by atoms with van der Waals surface area (Å²) in [6.45, 7) is 0.250. The van der Waals surface area contributed by atoms with E-state index < -0.39 is 22.7 Å². The number of halogens is 1. The van der Waals surface area contributed by atoms with E-state index in [9.17, 15) is 19.7 Å². The van der Waals surface area contributed by atoms with Crippen LogP contribution in [0.1, 0.15) is 0 Å². The summed E-state index contributed by atoms with van der Waals surface area (Å²) in [6, 6.07) is 5.65. The van der Waals surface area contributed by atoms with E-state index in [1.807, 2.05) is 0 Å². The van der Waals surface area contributed by atoms with Crippen molar-refractivity contribution in [2.45, 2.75) is 0 Å². The quantitative estimate of drug-likeness (QED) is 0.292. The zero-order chi connectivity index (χ0) is 17.1. The maximum atomic E-state index is 12.1. The SMILES string of the molecule is CN1CCN(C(=O)O)/C1=C(/C(=O)Oc1ccc(Cl)cc1)[N+](=O)[O-]. The lowest BCUT2D eigenvalue weighted by Crippen LogP contribution is -2.32. The van der Waals surface area contributed by atoms with Gasteiger partial charge in [-0.05, 0) is 24.3 Å². The number of hydrogen-bond donors (Lipinski definition) is 1. The summed E-state index contributed by atoms with van der Waals surface area (Å²) in [5.74, 6) is -1.52. The summed E-state index contributed by atoms with van der Waals surface area (Å²) in [5, 5.41) is 20.8. The van der Waals surface area contributed by atoms with Gasteiger partial charge in [0.15, 0.2) is 0 Å². The van der Waals surface area contributed by atoms with Crippen LogP contribution in [0.3, 0.4) is 0 Å². The van der Waals surface area contributed by atoms with E-state index in [-0.39, 0.29) is 24.7 Å². The Morgan fingerprint density at radius 2 is 1.91 bits per heavy atom. The molecule has 2 rings (SSSR count). The molecule has 0 unspecified atom stereocenters. The largest absolute Gasteiger partial charge is 0.465 e. The maximum absolute atomic E-state index is 12.1. The third-order valence-electron chi connectivity index (χ3n) is 3.12. The highest BCUT2D eigenvalue weighted by atomic mass is 35.5. The average molecular weight is 342 g/mol. The fraction of sp³-hybridized carbons (Fsp3) is 0.231. The van der Waals surface area contributed by atoms with Gasteiger partial charge in [-0.15, -0.1) is 0 Å². The first kappa shape index (κ1) is 16.6. The van der Waals surface area contributed by atoms with E-state index in [2.05, 4.69) is 0 Å². The molecule has 0 aliphatic carbocycles. The van der Waals surface area contributed by atoms with Crippen LogP contribution in [-0.4, -0.2) is 52.0 Å². The average Bonchev–Trinajstić information content (AvgIpc) is 2.83. The second-order valence-corrected chi connectivity index (χ2v) is 5.06. The number of benzene rings is 1. The lowest BCUT2D eigenvalue weighted by molar-refractivity contribution is -0.423. The zero-order valence-corrected chi connectivity index (χ0v) is 12.7. The predicted octanol–water partition coefficient (Wildman–Crippen LogP) is 1.62. The Hall–Kier alpha value is -2.81. The van der Waals surface area contributed by atoms with Crippen molar-refractivity contribution in [2.75, 3.05) is 20.1 Å². The highest BCUT2D eigenvalue weighted by Crippen LogP contribution is 2.23. The number of carbonyl (C=O) groups is 2. The summed E-state index contributed by atoms with van der Waals surface area (Å²) < 4.78 is 4.94. The molecule has 122 valence electrons. The number of nitro groups is 1. The molecular formula is C13H12ClN3O6. The molecule has 0 bridgehead atoms. The van der Waals surface area contributed by atoms with Crippen molar-refractivity contribution < 1.29 is 24.4 Å². The molecule has 9 nitrogen and oxygen atoms in total. The molecule has 1 aromatic carbocycles. The molecule has 1 fully saturated rings. The van der Waals surface area contributed by atoms with Crippen molar-refractivity contribution in [1.82, 2.24) is 9.80 Å². The molecule has 0 spiro atoms. The van der Waals surface area contributed by atoms with Crippen molar-refractivity contribution in [2.24, 2.45) is 0 Å². The van der Waals surface area contributed by atoms with E-state index in [0.29, 0.717) is 5.02 Å². The standard InChI is InChI=1S/C13H12ClN3O6/c1-15-6-7-16(13(19)20)11(15)10(17(21)22)12(18)23-9-4-2-8(14)3-5-9/h2-5H,6-7H2,1H3,(H,19,20)/b11-10-. The Morgan fingerprint density at radius 1 is 1.30 bits per heavy atom. The molecule has 0 saturated carbocycles. The Bertz CT molecular complexity index is 687. The summed E-state index contributed by atoms with van der Waals surface area (Å²) in [5.41, 5.74) is -0.942. The molecule has 1 aliphatic rings. The molecule has 1 aliphatic heterocycles. The van der Waals surface area contributed by atoms with Crippen LogP contribution < -0.4 is 4.74 Å². The summed E-state index contributed by atoms with van der Waals surface area (Å²) in [7, 11) is 1.46. The number of ether oxygens (including phenoxy) is 1. The molecule has 1 amide bonds. The van der Waals surface area contributed by atoms with Crippen molar-refractivity contribution >= 4 is 23.7 Å². The lowest BCUT2D eigenvalue weighted by atomic mass is 10.3. The molecular weight excluding hydrogens is 330 g/mol. The Labute approximate surface area is 135 Å². The third-order valence-corrected chi connectivity index (χ3v) is 3.37. The van der Waals surface area contributed by atoms with Gasteiger partial charge in [0.1, 0.15) is 5.75 Å². The minimum atomic E-state index is -1.39. The van der Waals surface area contributed by atoms with Crippen LogP contribution in [0, 0.1) is 10.1 Å². The fourth-order valence-electron chi connectivity index (χ4n) is 2.07. The van der Waals surface area contributed by atoms with Crippen LogP contribution in [0.25, 0.3) is 0 Å². The Kier molecular flexibility index (Phi) is 4.70. The van der Waals surface area contributed by atoms with E-state index >= 15 is 0 Å². The number of rotatable bonds is 3. The van der Waals surface area contributed by atoms with Crippen molar-refractivity contribution in [3.8, 4) is 5.75 Å². The number of carboxylic acid groups (broad SMARTS) is 1. The minimum absolute atomic E-state index is 0.0206.